The van der Waals surface area contributed by atoms with Crippen LogP contribution in [0.5, 0.6) is 5.75 Å². The van der Waals surface area contributed by atoms with Crippen LogP contribution < -0.4 is 5.32 Å². The fourth-order valence-electron chi connectivity index (χ4n) is 2.66. The van der Waals surface area contributed by atoms with E-state index in [4.69, 9.17) is 0 Å². The van der Waals surface area contributed by atoms with Gasteiger partial charge >= 0.3 is 6.03 Å². The molecule has 5 nitrogen and oxygen atoms in total. The zero-order valence-electron chi connectivity index (χ0n) is 13.7. The Morgan fingerprint density at radius 2 is 2.17 bits per heavy atom. The zero-order valence-corrected chi connectivity index (χ0v) is 13.7. The fourth-order valence-corrected chi connectivity index (χ4v) is 2.66. The summed E-state index contributed by atoms with van der Waals surface area (Å²) >= 11 is 0. The molecule has 23 heavy (non-hydrogen) atoms. The topological polar surface area (TPSA) is 67.2 Å². The maximum Gasteiger partial charge on any atom is 0.342 e. The molecule has 0 aliphatic heterocycles. The van der Waals surface area contributed by atoms with Gasteiger partial charge in [0.1, 0.15) is 5.75 Å². The number of phenols is 1. The summed E-state index contributed by atoms with van der Waals surface area (Å²) in [7, 11) is 0. The molecule has 122 valence electrons. The number of nitrogens with one attached hydrogen (secondary N) is 1. The Kier molecular flexibility index (Phi) is 4.37. The van der Waals surface area contributed by atoms with Crippen molar-refractivity contribution in [2.75, 3.05) is 6.54 Å². The maximum absolute atomic E-state index is 12.4. The van der Waals surface area contributed by atoms with Gasteiger partial charge in [0.15, 0.2) is 0 Å². The number of amides is 1. The van der Waals surface area contributed by atoms with Crippen LogP contribution in [-0.4, -0.2) is 27.5 Å². The molecule has 1 saturated carbocycles. The van der Waals surface area contributed by atoms with Crippen LogP contribution in [0.15, 0.2) is 24.3 Å². The largest absolute Gasteiger partial charge is 0.507 e. The average Bonchev–Trinajstić information content (AvgIpc) is 3.28. The molecule has 2 aromatic rings. The number of aromatic nitrogens is 2. The van der Waals surface area contributed by atoms with E-state index in [0.717, 1.165) is 36.9 Å². The Morgan fingerprint density at radius 1 is 1.39 bits per heavy atom. The van der Waals surface area contributed by atoms with Crippen molar-refractivity contribution in [3.05, 3.63) is 35.5 Å². The molecule has 1 heterocycles. The quantitative estimate of drug-likeness (QED) is 0.825. The van der Waals surface area contributed by atoms with E-state index in [1.165, 1.54) is 4.68 Å². The molecular weight excluding hydrogens is 290 g/mol. The minimum atomic E-state index is -0.182. The van der Waals surface area contributed by atoms with Crippen LogP contribution >= 0.6 is 0 Å². The van der Waals surface area contributed by atoms with Crippen LogP contribution in [0.3, 0.4) is 0 Å². The van der Waals surface area contributed by atoms with Crippen molar-refractivity contribution in [2.24, 2.45) is 0 Å². The van der Waals surface area contributed by atoms with Gasteiger partial charge in [-0.1, -0.05) is 25.0 Å². The van der Waals surface area contributed by atoms with Crippen molar-refractivity contribution in [1.82, 2.24) is 15.1 Å². The van der Waals surface area contributed by atoms with Crippen molar-refractivity contribution in [2.45, 2.75) is 45.4 Å². The number of carbonyl (C=O) groups is 1. The number of aryl methyl sites for hydroxylation is 1. The summed E-state index contributed by atoms with van der Waals surface area (Å²) in [4.78, 5) is 12.4. The molecule has 1 fully saturated rings. The van der Waals surface area contributed by atoms with Gasteiger partial charge in [-0.25, -0.2) is 4.79 Å². The molecule has 1 amide bonds. The van der Waals surface area contributed by atoms with Gasteiger partial charge in [0.05, 0.1) is 11.4 Å². The molecule has 0 radical (unpaired) electrons. The first-order valence-electron chi connectivity index (χ1n) is 8.28. The molecule has 0 spiro atoms. The number of hydrogen-bond acceptors (Lipinski definition) is 3. The Hall–Kier alpha value is -2.30. The third kappa shape index (κ3) is 3.38. The highest BCUT2D eigenvalue weighted by Gasteiger charge is 2.30. The van der Waals surface area contributed by atoms with Crippen LogP contribution in [0.4, 0.5) is 4.79 Å². The number of rotatable bonds is 5. The highest BCUT2D eigenvalue weighted by molar-refractivity contribution is 5.79. The van der Waals surface area contributed by atoms with Crippen molar-refractivity contribution < 1.29 is 9.90 Å². The van der Waals surface area contributed by atoms with Gasteiger partial charge in [0.25, 0.3) is 0 Å². The zero-order chi connectivity index (χ0) is 16.4. The second-order valence-electron chi connectivity index (χ2n) is 6.25. The molecule has 0 saturated heterocycles. The summed E-state index contributed by atoms with van der Waals surface area (Å²) in [6, 6.07) is 7.18. The molecule has 1 aromatic heterocycles. The number of hydrogen-bond donors (Lipinski definition) is 2. The van der Waals surface area contributed by atoms with Crippen molar-refractivity contribution in [3.63, 3.8) is 0 Å². The Labute approximate surface area is 136 Å². The van der Waals surface area contributed by atoms with E-state index < -0.39 is 0 Å². The van der Waals surface area contributed by atoms with Crippen LogP contribution in [0.1, 0.15) is 49.8 Å². The summed E-state index contributed by atoms with van der Waals surface area (Å²) in [6.45, 7) is 4.72. The van der Waals surface area contributed by atoms with Crippen molar-refractivity contribution in [3.8, 4) is 17.0 Å². The second-order valence-corrected chi connectivity index (χ2v) is 6.25. The van der Waals surface area contributed by atoms with E-state index in [1.807, 2.05) is 25.1 Å². The lowest BCUT2D eigenvalue weighted by Gasteiger charge is -2.07. The molecule has 2 N–H and O–H groups in total. The Balaban J connectivity index is 1.92. The van der Waals surface area contributed by atoms with E-state index in [9.17, 15) is 9.90 Å². The van der Waals surface area contributed by atoms with Crippen LogP contribution in [0.2, 0.25) is 0 Å². The van der Waals surface area contributed by atoms with E-state index in [1.54, 1.807) is 6.07 Å². The van der Waals surface area contributed by atoms with Crippen molar-refractivity contribution in [1.29, 1.82) is 0 Å². The second kappa shape index (κ2) is 6.44. The number of aromatic hydroxyl groups is 1. The Bertz CT molecular complexity index is 717. The van der Waals surface area contributed by atoms with Gasteiger partial charge in [-0.15, -0.1) is 0 Å². The number of nitrogens with zero attached hydrogens (tertiary/aromatic N) is 2. The van der Waals surface area contributed by atoms with E-state index in [2.05, 4.69) is 17.3 Å². The molecule has 3 rings (SSSR count). The van der Waals surface area contributed by atoms with Crippen LogP contribution in [-0.2, 0) is 0 Å². The van der Waals surface area contributed by atoms with Gasteiger partial charge in [0, 0.05) is 18.0 Å². The molecule has 1 aliphatic rings. The number of phenolic OH excluding ortho intramolecular Hbond substituents is 1. The minimum absolute atomic E-state index is 0.182. The number of unbranched alkanes of at least 4 members (excludes halogenated alkanes) is 1. The molecule has 0 unspecified atom stereocenters. The summed E-state index contributed by atoms with van der Waals surface area (Å²) in [5, 5.41) is 17.5. The molecule has 0 bridgehead atoms. The third-order valence-corrected chi connectivity index (χ3v) is 4.16. The van der Waals surface area contributed by atoms with Crippen LogP contribution in [0.25, 0.3) is 11.3 Å². The first-order valence-corrected chi connectivity index (χ1v) is 8.28. The number of carbonyl (C=O) groups excluding carboxylic acids is 1. The SMILES string of the molecule is CCCCNC(=O)n1nc(-c2cc(C)ccc2O)cc1C1CC1. The van der Waals surface area contributed by atoms with E-state index in [-0.39, 0.29) is 11.8 Å². The monoisotopic (exact) mass is 313 g/mol. The lowest BCUT2D eigenvalue weighted by Crippen LogP contribution is -2.31. The Morgan fingerprint density at radius 3 is 2.87 bits per heavy atom. The minimum Gasteiger partial charge on any atom is -0.507 e. The predicted molar refractivity (Wildman–Crippen MR) is 89.7 cm³/mol. The third-order valence-electron chi connectivity index (χ3n) is 4.16. The highest BCUT2D eigenvalue weighted by atomic mass is 16.3. The molecule has 5 heteroatoms. The standard InChI is InChI=1S/C18H23N3O2/c1-3-4-9-19-18(23)21-16(13-6-7-13)11-15(20-21)14-10-12(2)5-8-17(14)22/h5,8,10-11,13,22H,3-4,6-7,9H2,1-2H3,(H,19,23). The summed E-state index contributed by atoms with van der Waals surface area (Å²) in [5.74, 6) is 0.592. The van der Waals surface area contributed by atoms with Crippen molar-refractivity contribution >= 4 is 6.03 Å². The van der Waals surface area contributed by atoms with Gasteiger partial charge in [-0.2, -0.15) is 9.78 Å². The summed E-state index contributed by atoms with van der Waals surface area (Å²) < 4.78 is 1.48. The van der Waals surface area contributed by atoms with Crippen LogP contribution in [0, 0.1) is 6.92 Å². The molecule has 1 aromatic carbocycles. The van der Waals surface area contributed by atoms with Gasteiger partial charge in [-0.3, -0.25) is 0 Å². The fraction of sp³-hybridized carbons (Fsp3) is 0.444. The smallest absolute Gasteiger partial charge is 0.342 e. The maximum atomic E-state index is 12.4. The summed E-state index contributed by atoms with van der Waals surface area (Å²) in [5.41, 5.74) is 3.31. The van der Waals surface area contributed by atoms with Gasteiger partial charge in [-0.05, 0) is 44.4 Å². The first kappa shape index (κ1) is 15.6. The average molecular weight is 313 g/mol. The van der Waals surface area contributed by atoms with E-state index >= 15 is 0 Å². The predicted octanol–water partition coefficient (Wildman–Crippen LogP) is 3.80. The van der Waals surface area contributed by atoms with E-state index in [0.29, 0.717) is 23.7 Å². The first-order chi connectivity index (χ1) is 11.1. The molecule has 1 aliphatic carbocycles. The molecular formula is C18H23N3O2. The summed E-state index contributed by atoms with van der Waals surface area (Å²) in [6.07, 6.45) is 4.18. The number of benzene rings is 1. The van der Waals surface area contributed by atoms with Gasteiger partial charge in [0.2, 0.25) is 0 Å². The lowest BCUT2D eigenvalue weighted by molar-refractivity contribution is 0.238. The highest BCUT2D eigenvalue weighted by Crippen LogP contribution is 2.42. The normalized spacial score (nSPS) is 14.0. The molecule has 0 atom stereocenters. The lowest BCUT2D eigenvalue weighted by atomic mass is 10.1. The van der Waals surface area contributed by atoms with Gasteiger partial charge < -0.3 is 10.4 Å².